The van der Waals surface area contributed by atoms with Crippen LogP contribution in [0.2, 0.25) is 5.15 Å². The van der Waals surface area contributed by atoms with Crippen molar-refractivity contribution in [1.82, 2.24) is 4.98 Å². The molecule has 2 rings (SSSR count). The van der Waals surface area contributed by atoms with Gasteiger partial charge in [0.1, 0.15) is 5.15 Å². The number of hydrogen-bond donors (Lipinski definition) is 0. The van der Waals surface area contributed by atoms with Gasteiger partial charge in [-0.2, -0.15) is 13.2 Å². The number of halogens is 4. The summed E-state index contributed by atoms with van der Waals surface area (Å²) in [7, 11) is 0. The molecule has 0 aliphatic heterocycles. The van der Waals surface area contributed by atoms with Crippen molar-refractivity contribution in [1.29, 1.82) is 0 Å². The Morgan fingerprint density at radius 2 is 2.00 bits per heavy atom. The number of nitrogens with zero attached hydrogens (tertiary/aromatic N) is 1. The zero-order chi connectivity index (χ0) is 11.2. The Bertz CT molecular complexity index is 396. The summed E-state index contributed by atoms with van der Waals surface area (Å²) in [6.45, 7) is 3.37. The molecule has 0 aromatic carbocycles. The first-order valence-electron chi connectivity index (χ1n) is 4.49. The Kier molecular flexibility index (Phi) is 2.41. The zero-order valence-corrected chi connectivity index (χ0v) is 8.49. The number of pyridine rings is 1. The molecule has 0 unspecified atom stereocenters. The van der Waals surface area contributed by atoms with E-state index in [-0.39, 0.29) is 22.3 Å². The third-order valence-corrected chi connectivity index (χ3v) is 2.54. The van der Waals surface area contributed by atoms with E-state index in [9.17, 15) is 13.2 Å². The van der Waals surface area contributed by atoms with Crippen LogP contribution in [0.3, 0.4) is 0 Å². The van der Waals surface area contributed by atoms with Gasteiger partial charge in [-0.3, -0.25) is 0 Å². The molecule has 1 fully saturated rings. The van der Waals surface area contributed by atoms with E-state index in [1.807, 2.05) is 0 Å². The van der Waals surface area contributed by atoms with Crippen LogP contribution in [0.5, 0.6) is 0 Å². The van der Waals surface area contributed by atoms with Crippen LogP contribution in [-0.2, 0) is 6.18 Å². The number of aromatic nitrogens is 1. The second-order valence-corrected chi connectivity index (χ2v) is 4.02. The average Bonchev–Trinajstić information content (AvgIpc) is 2.80. The van der Waals surface area contributed by atoms with Crippen LogP contribution in [0.4, 0.5) is 13.2 Å². The molecule has 1 aliphatic carbocycles. The minimum absolute atomic E-state index is 0.0556. The van der Waals surface area contributed by atoms with E-state index in [1.165, 1.54) is 0 Å². The highest BCUT2D eigenvalue weighted by Gasteiger charge is 2.40. The van der Waals surface area contributed by atoms with E-state index in [4.69, 9.17) is 11.6 Å². The lowest BCUT2D eigenvalue weighted by atomic mass is 10.0. The van der Waals surface area contributed by atoms with Gasteiger partial charge in [-0.15, -0.1) is 0 Å². The first-order chi connectivity index (χ1) is 6.89. The standard InChI is InChI=1S/C10H8ClF3N/c1-5-4-7(11)15-9(6-2-3-6)8(5)10(12,13)14/h4,6H,1-3H2. The van der Waals surface area contributed by atoms with Crippen LogP contribution < -0.4 is 0 Å². The average molecular weight is 235 g/mol. The first kappa shape index (κ1) is 10.7. The van der Waals surface area contributed by atoms with E-state index < -0.39 is 11.7 Å². The summed E-state index contributed by atoms with van der Waals surface area (Å²) < 4.78 is 38.1. The van der Waals surface area contributed by atoms with Gasteiger partial charge in [0.15, 0.2) is 0 Å². The van der Waals surface area contributed by atoms with Crippen LogP contribution >= 0.6 is 11.6 Å². The van der Waals surface area contributed by atoms with Crippen molar-refractivity contribution in [3.05, 3.63) is 35.0 Å². The second kappa shape index (κ2) is 3.37. The summed E-state index contributed by atoms with van der Waals surface area (Å²) in [6.07, 6.45) is -2.90. The predicted molar refractivity (Wildman–Crippen MR) is 50.7 cm³/mol. The highest BCUT2D eigenvalue weighted by atomic mass is 35.5. The summed E-state index contributed by atoms with van der Waals surface area (Å²) >= 11 is 5.63. The van der Waals surface area contributed by atoms with Gasteiger partial charge < -0.3 is 0 Å². The molecular weight excluding hydrogens is 227 g/mol. The molecule has 1 aliphatic rings. The van der Waals surface area contributed by atoms with E-state index in [0.717, 1.165) is 18.9 Å². The fourth-order valence-corrected chi connectivity index (χ4v) is 1.79. The molecule has 0 amide bonds. The number of hydrogen-bond acceptors (Lipinski definition) is 1. The fraction of sp³-hybridized carbons (Fsp3) is 0.400. The minimum atomic E-state index is -4.40. The van der Waals surface area contributed by atoms with Gasteiger partial charge in [0.2, 0.25) is 0 Å². The van der Waals surface area contributed by atoms with Gasteiger partial charge in [0.25, 0.3) is 0 Å². The van der Waals surface area contributed by atoms with Crippen LogP contribution in [0.25, 0.3) is 0 Å². The summed E-state index contributed by atoms with van der Waals surface area (Å²) in [5.74, 6) is -0.0965. The topological polar surface area (TPSA) is 12.9 Å². The number of rotatable bonds is 1. The summed E-state index contributed by atoms with van der Waals surface area (Å²) in [5, 5.41) is 0.0786. The maximum atomic E-state index is 12.7. The van der Waals surface area contributed by atoms with E-state index >= 15 is 0 Å². The predicted octanol–water partition coefficient (Wildman–Crippen LogP) is 3.81. The van der Waals surface area contributed by atoms with Crippen molar-refractivity contribution >= 4 is 11.6 Å². The lowest BCUT2D eigenvalue weighted by molar-refractivity contribution is -0.138. The van der Waals surface area contributed by atoms with Crippen LogP contribution in [0.15, 0.2) is 6.07 Å². The smallest absolute Gasteiger partial charge is 0.240 e. The Morgan fingerprint density at radius 3 is 2.47 bits per heavy atom. The molecule has 5 heteroatoms. The molecule has 1 nitrogen and oxygen atoms in total. The van der Waals surface area contributed by atoms with Crippen molar-refractivity contribution in [3.63, 3.8) is 0 Å². The van der Waals surface area contributed by atoms with Gasteiger partial charge in [-0.05, 0) is 31.4 Å². The largest absolute Gasteiger partial charge is 0.418 e. The van der Waals surface area contributed by atoms with Gasteiger partial charge in [-0.25, -0.2) is 4.98 Å². The van der Waals surface area contributed by atoms with Crippen LogP contribution in [-0.4, -0.2) is 4.98 Å². The highest BCUT2D eigenvalue weighted by Crippen LogP contribution is 2.46. The molecule has 1 radical (unpaired) electrons. The van der Waals surface area contributed by atoms with Crippen molar-refractivity contribution in [3.8, 4) is 0 Å². The summed E-state index contributed by atoms with van der Waals surface area (Å²) in [6, 6.07) is 1.15. The Hall–Kier alpha value is -0.770. The molecular formula is C10H8ClF3N. The molecule has 0 saturated heterocycles. The summed E-state index contributed by atoms with van der Waals surface area (Å²) in [4.78, 5) is 3.77. The minimum Gasteiger partial charge on any atom is -0.240 e. The van der Waals surface area contributed by atoms with Gasteiger partial charge in [0.05, 0.1) is 11.3 Å². The van der Waals surface area contributed by atoms with E-state index in [2.05, 4.69) is 11.9 Å². The monoisotopic (exact) mass is 234 g/mol. The highest BCUT2D eigenvalue weighted by molar-refractivity contribution is 6.29. The van der Waals surface area contributed by atoms with Crippen molar-refractivity contribution in [2.45, 2.75) is 24.9 Å². The van der Waals surface area contributed by atoms with Gasteiger partial charge >= 0.3 is 6.18 Å². The quantitative estimate of drug-likeness (QED) is 0.674. The molecule has 0 spiro atoms. The molecule has 0 atom stereocenters. The number of alkyl halides is 3. The van der Waals surface area contributed by atoms with Crippen LogP contribution in [0.1, 0.15) is 35.6 Å². The molecule has 0 N–H and O–H groups in total. The Balaban J connectivity index is 2.59. The maximum absolute atomic E-state index is 12.7. The van der Waals surface area contributed by atoms with Crippen molar-refractivity contribution < 1.29 is 13.2 Å². The second-order valence-electron chi connectivity index (χ2n) is 3.64. The summed E-state index contributed by atoms with van der Waals surface area (Å²) in [5.41, 5.74) is -0.751. The first-order valence-corrected chi connectivity index (χ1v) is 4.87. The fourth-order valence-electron chi connectivity index (χ4n) is 1.56. The lowest BCUT2D eigenvalue weighted by Crippen LogP contribution is -2.13. The molecule has 1 aromatic heterocycles. The molecule has 1 saturated carbocycles. The van der Waals surface area contributed by atoms with E-state index in [0.29, 0.717) is 0 Å². The SMILES string of the molecule is [CH2]c1cc(Cl)nc(C2CC2)c1C(F)(F)F. The third-order valence-electron chi connectivity index (χ3n) is 2.35. The maximum Gasteiger partial charge on any atom is 0.418 e. The third kappa shape index (κ3) is 2.09. The van der Waals surface area contributed by atoms with E-state index in [1.54, 1.807) is 0 Å². The van der Waals surface area contributed by atoms with Gasteiger partial charge in [-0.1, -0.05) is 11.6 Å². The molecule has 15 heavy (non-hydrogen) atoms. The zero-order valence-electron chi connectivity index (χ0n) is 7.74. The van der Waals surface area contributed by atoms with Gasteiger partial charge in [0, 0.05) is 5.92 Å². The molecule has 81 valence electrons. The Morgan fingerprint density at radius 1 is 1.40 bits per heavy atom. The van der Waals surface area contributed by atoms with Crippen molar-refractivity contribution in [2.75, 3.05) is 0 Å². The molecule has 1 heterocycles. The normalized spacial score (nSPS) is 16.9. The Labute approximate surface area is 90.3 Å². The van der Waals surface area contributed by atoms with Crippen molar-refractivity contribution in [2.24, 2.45) is 0 Å². The molecule has 1 aromatic rings. The molecule has 0 bridgehead atoms. The lowest BCUT2D eigenvalue weighted by Gasteiger charge is -2.14. The van der Waals surface area contributed by atoms with Crippen LogP contribution in [0, 0.1) is 6.92 Å².